The lowest BCUT2D eigenvalue weighted by molar-refractivity contribution is 0.0696. The summed E-state index contributed by atoms with van der Waals surface area (Å²) in [6, 6.07) is 14.0. The number of hydrogen-bond donors (Lipinski definition) is 2. The molecule has 0 aliphatic carbocycles. The molecule has 23 heavy (non-hydrogen) atoms. The maximum absolute atomic E-state index is 11.3. The first-order valence-electron chi connectivity index (χ1n) is 7.85. The average Bonchev–Trinajstić information content (AvgIpc) is 2.54. The van der Waals surface area contributed by atoms with Crippen LogP contribution in [0.3, 0.4) is 0 Å². The third-order valence-electron chi connectivity index (χ3n) is 4.74. The van der Waals surface area contributed by atoms with E-state index in [0.29, 0.717) is 12.1 Å². The fourth-order valence-corrected chi connectivity index (χ4v) is 3.53. The molecule has 120 valence electrons. The van der Waals surface area contributed by atoms with E-state index in [4.69, 9.17) is 5.73 Å². The SMILES string of the molecule is Cc1ccc2c(c1)C(CN)N(C)CC2c1cccc(C(=O)O)c1. The average molecular weight is 310 g/mol. The number of carboxylic acids is 1. The van der Waals surface area contributed by atoms with Crippen LogP contribution >= 0.6 is 0 Å². The van der Waals surface area contributed by atoms with Crippen LogP contribution in [-0.4, -0.2) is 36.1 Å². The van der Waals surface area contributed by atoms with Crippen LogP contribution in [0.5, 0.6) is 0 Å². The predicted molar refractivity (Wildman–Crippen MR) is 90.8 cm³/mol. The molecule has 0 saturated heterocycles. The quantitative estimate of drug-likeness (QED) is 0.915. The first-order valence-corrected chi connectivity index (χ1v) is 7.85. The van der Waals surface area contributed by atoms with E-state index in [1.165, 1.54) is 16.7 Å². The van der Waals surface area contributed by atoms with Crippen LogP contribution < -0.4 is 5.73 Å². The van der Waals surface area contributed by atoms with Gasteiger partial charge in [-0.2, -0.15) is 0 Å². The second-order valence-corrected chi connectivity index (χ2v) is 6.31. The summed E-state index contributed by atoms with van der Waals surface area (Å²) in [5, 5.41) is 9.24. The van der Waals surface area contributed by atoms with Crippen molar-refractivity contribution in [3.8, 4) is 0 Å². The number of aryl methyl sites for hydroxylation is 1. The fourth-order valence-electron chi connectivity index (χ4n) is 3.53. The summed E-state index contributed by atoms with van der Waals surface area (Å²) in [7, 11) is 2.08. The molecule has 2 unspecified atom stereocenters. The van der Waals surface area contributed by atoms with E-state index in [1.54, 1.807) is 12.1 Å². The van der Waals surface area contributed by atoms with Crippen LogP contribution in [0.25, 0.3) is 0 Å². The standard InChI is InChI=1S/C19H22N2O2/c1-12-6-7-15-16(8-12)18(10-20)21(2)11-17(15)13-4-3-5-14(9-13)19(22)23/h3-9,17-18H,10-11,20H2,1-2H3,(H,22,23). The Morgan fingerprint density at radius 3 is 2.74 bits per heavy atom. The van der Waals surface area contributed by atoms with Crippen molar-refractivity contribution in [1.29, 1.82) is 0 Å². The lowest BCUT2D eigenvalue weighted by Crippen LogP contribution is -2.39. The topological polar surface area (TPSA) is 66.6 Å². The zero-order valence-corrected chi connectivity index (χ0v) is 13.5. The third-order valence-corrected chi connectivity index (χ3v) is 4.74. The number of carboxylic acid groups (broad SMARTS) is 1. The van der Waals surface area contributed by atoms with Crippen molar-refractivity contribution in [3.63, 3.8) is 0 Å². The van der Waals surface area contributed by atoms with Crippen molar-refractivity contribution in [2.45, 2.75) is 18.9 Å². The third kappa shape index (κ3) is 2.87. The first-order chi connectivity index (χ1) is 11.0. The Balaban J connectivity index is 2.11. The highest BCUT2D eigenvalue weighted by Crippen LogP contribution is 2.38. The molecule has 4 nitrogen and oxygen atoms in total. The summed E-state index contributed by atoms with van der Waals surface area (Å²) in [5.41, 5.74) is 11.1. The molecule has 0 saturated carbocycles. The van der Waals surface area contributed by atoms with Gasteiger partial charge in [-0.15, -0.1) is 0 Å². The zero-order chi connectivity index (χ0) is 16.6. The van der Waals surface area contributed by atoms with Crippen molar-refractivity contribution >= 4 is 5.97 Å². The lowest BCUT2D eigenvalue weighted by atomic mass is 9.80. The van der Waals surface area contributed by atoms with Gasteiger partial charge >= 0.3 is 5.97 Å². The van der Waals surface area contributed by atoms with E-state index in [9.17, 15) is 9.90 Å². The predicted octanol–water partition coefficient (Wildman–Crippen LogP) is 2.77. The number of rotatable bonds is 3. The minimum absolute atomic E-state index is 0.165. The monoisotopic (exact) mass is 310 g/mol. The molecular formula is C19H22N2O2. The summed E-state index contributed by atoms with van der Waals surface area (Å²) in [4.78, 5) is 13.5. The van der Waals surface area contributed by atoms with Crippen molar-refractivity contribution in [1.82, 2.24) is 4.90 Å². The van der Waals surface area contributed by atoms with Gasteiger partial charge in [0.05, 0.1) is 5.56 Å². The number of nitrogens with two attached hydrogens (primary N) is 1. The highest BCUT2D eigenvalue weighted by Gasteiger charge is 2.31. The Hall–Kier alpha value is -2.17. The molecule has 0 spiro atoms. The number of hydrogen-bond acceptors (Lipinski definition) is 3. The molecule has 0 amide bonds. The summed E-state index contributed by atoms with van der Waals surface area (Å²) < 4.78 is 0. The van der Waals surface area contributed by atoms with Gasteiger partial charge < -0.3 is 10.8 Å². The van der Waals surface area contributed by atoms with Gasteiger partial charge in [-0.3, -0.25) is 4.90 Å². The normalized spacial score (nSPS) is 21.0. The zero-order valence-electron chi connectivity index (χ0n) is 13.5. The highest BCUT2D eigenvalue weighted by atomic mass is 16.4. The van der Waals surface area contributed by atoms with Crippen LogP contribution in [0.1, 0.15) is 44.6 Å². The Labute approximate surface area is 136 Å². The van der Waals surface area contributed by atoms with Crippen molar-refractivity contribution < 1.29 is 9.90 Å². The first kappa shape index (κ1) is 15.7. The number of aromatic carboxylic acids is 1. The van der Waals surface area contributed by atoms with Crippen LogP contribution in [0.15, 0.2) is 42.5 Å². The van der Waals surface area contributed by atoms with Crippen molar-refractivity contribution in [2.75, 3.05) is 20.1 Å². The van der Waals surface area contributed by atoms with Gasteiger partial charge in [-0.05, 0) is 42.8 Å². The number of fused-ring (bicyclic) bond motifs is 1. The largest absolute Gasteiger partial charge is 0.478 e. The minimum Gasteiger partial charge on any atom is -0.478 e. The molecule has 0 aromatic heterocycles. The van der Waals surface area contributed by atoms with Gasteiger partial charge in [0.2, 0.25) is 0 Å². The molecule has 1 aliphatic rings. The fraction of sp³-hybridized carbons (Fsp3) is 0.316. The molecule has 0 radical (unpaired) electrons. The number of carbonyl (C=O) groups is 1. The van der Waals surface area contributed by atoms with Gasteiger partial charge in [-0.25, -0.2) is 4.79 Å². The molecule has 2 atom stereocenters. The van der Waals surface area contributed by atoms with Gasteiger partial charge in [0.25, 0.3) is 0 Å². The summed E-state index contributed by atoms with van der Waals surface area (Å²) in [6.07, 6.45) is 0. The number of nitrogens with zero attached hydrogens (tertiary/aromatic N) is 1. The maximum Gasteiger partial charge on any atom is 0.335 e. The van der Waals surface area contributed by atoms with Gasteiger partial charge in [-0.1, -0.05) is 35.9 Å². The summed E-state index contributed by atoms with van der Waals surface area (Å²) in [6.45, 7) is 3.50. The van der Waals surface area contributed by atoms with Gasteiger partial charge in [0.1, 0.15) is 0 Å². The molecule has 1 heterocycles. The Morgan fingerprint density at radius 1 is 1.26 bits per heavy atom. The van der Waals surface area contributed by atoms with E-state index in [1.807, 2.05) is 12.1 Å². The van der Waals surface area contributed by atoms with E-state index in [-0.39, 0.29) is 12.0 Å². The molecule has 1 aliphatic heterocycles. The minimum atomic E-state index is -0.889. The van der Waals surface area contributed by atoms with Crippen molar-refractivity contribution in [2.24, 2.45) is 5.73 Å². The van der Waals surface area contributed by atoms with E-state index >= 15 is 0 Å². The molecule has 3 N–H and O–H groups in total. The van der Waals surface area contributed by atoms with Gasteiger partial charge in [0, 0.05) is 25.0 Å². The Bertz CT molecular complexity index is 742. The van der Waals surface area contributed by atoms with Crippen LogP contribution in [-0.2, 0) is 0 Å². The smallest absolute Gasteiger partial charge is 0.335 e. The molecule has 3 rings (SSSR count). The molecule has 0 fully saturated rings. The molecular weight excluding hydrogens is 288 g/mol. The molecule has 4 heteroatoms. The number of benzene rings is 2. The van der Waals surface area contributed by atoms with E-state index < -0.39 is 5.97 Å². The Morgan fingerprint density at radius 2 is 2.04 bits per heavy atom. The van der Waals surface area contributed by atoms with Crippen LogP contribution in [0.4, 0.5) is 0 Å². The van der Waals surface area contributed by atoms with Crippen LogP contribution in [0, 0.1) is 6.92 Å². The molecule has 2 aromatic carbocycles. The lowest BCUT2D eigenvalue weighted by Gasteiger charge is -2.39. The number of likely N-dealkylation sites (N-methyl/N-ethyl adjacent to an activating group) is 1. The molecule has 0 bridgehead atoms. The van der Waals surface area contributed by atoms with Gasteiger partial charge in [0.15, 0.2) is 0 Å². The Kier molecular flexibility index (Phi) is 4.20. The second-order valence-electron chi connectivity index (χ2n) is 6.31. The van der Waals surface area contributed by atoms with Crippen molar-refractivity contribution in [3.05, 3.63) is 70.3 Å². The van der Waals surface area contributed by atoms with Crippen LogP contribution in [0.2, 0.25) is 0 Å². The van der Waals surface area contributed by atoms with E-state index in [0.717, 1.165) is 12.1 Å². The molecule has 2 aromatic rings. The highest BCUT2D eigenvalue weighted by molar-refractivity contribution is 5.87. The second kappa shape index (κ2) is 6.14. The summed E-state index contributed by atoms with van der Waals surface area (Å²) >= 11 is 0. The summed E-state index contributed by atoms with van der Waals surface area (Å²) in [5.74, 6) is -0.724. The maximum atomic E-state index is 11.3. The van der Waals surface area contributed by atoms with E-state index in [2.05, 4.69) is 37.1 Å².